The molecule has 13 heavy (non-hydrogen) atoms. The van der Waals surface area contributed by atoms with Gasteiger partial charge in [0.15, 0.2) is 5.11 Å². The van der Waals surface area contributed by atoms with Crippen LogP contribution in [0.25, 0.3) is 0 Å². The first-order valence-corrected chi connectivity index (χ1v) is 4.58. The Balaban J connectivity index is 3.42. The normalized spacial score (nSPS) is 9.54. The van der Waals surface area contributed by atoms with Crippen LogP contribution >= 0.6 is 12.2 Å². The van der Waals surface area contributed by atoms with Gasteiger partial charge < -0.3 is 15.4 Å². The number of thiocarbonyl (C=S) groups is 1. The summed E-state index contributed by atoms with van der Waals surface area (Å²) in [5, 5.41) is 6.47. The molecule has 0 aliphatic carbocycles. The van der Waals surface area contributed by atoms with E-state index in [-0.39, 0.29) is 5.97 Å². The van der Waals surface area contributed by atoms with Crippen molar-refractivity contribution in [3.05, 3.63) is 0 Å². The molecule has 0 fully saturated rings. The summed E-state index contributed by atoms with van der Waals surface area (Å²) in [6.07, 6.45) is 0.330. The highest BCUT2D eigenvalue weighted by atomic mass is 32.1. The maximum atomic E-state index is 10.7. The minimum atomic E-state index is -0.236. The molecular formula is C8H16N2O2S. The molecule has 0 saturated heterocycles. The van der Waals surface area contributed by atoms with E-state index in [1.165, 1.54) is 7.11 Å². The number of methoxy groups -OCH3 is 1. The second-order valence-electron chi connectivity index (χ2n) is 2.88. The largest absolute Gasteiger partial charge is 0.469 e. The third-order valence-electron chi connectivity index (χ3n) is 1.26. The highest BCUT2D eigenvalue weighted by Gasteiger charge is 2.01. The number of carbonyl (C=O) groups is 1. The Hall–Kier alpha value is -0.840. The minimum Gasteiger partial charge on any atom is -0.469 e. The van der Waals surface area contributed by atoms with Crippen molar-refractivity contribution in [2.45, 2.75) is 26.3 Å². The van der Waals surface area contributed by atoms with E-state index in [0.29, 0.717) is 24.1 Å². The van der Waals surface area contributed by atoms with Crippen LogP contribution in [0.3, 0.4) is 0 Å². The Kier molecular flexibility index (Phi) is 6.22. The highest BCUT2D eigenvalue weighted by molar-refractivity contribution is 7.80. The van der Waals surface area contributed by atoms with Crippen LogP contribution in [0.15, 0.2) is 0 Å². The Morgan fingerprint density at radius 2 is 2.15 bits per heavy atom. The third kappa shape index (κ3) is 7.52. The second-order valence-corrected chi connectivity index (χ2v) is 3.29. The fourth-order valence-electron chi connectivity index (χ4n) is 0.693. The number of nitrogens with one attached hydrogen (secondary N) is 2. The maximum Gasteiger partial charge on any atom is 0.307 e. The minimum absolute atomic E-state index is 0.236. The summed E-state index contributed by atoms with van der Waals surface area (Å²) in [4.78, 5) is 10.7. The van der Waals surface area contributed by atoms with Gasteiger partial charge in [-0.3, -0.25) is 4.79 Å². The topological polar surface area (TPSA) is 50.4 Å². The average Bonchev–Trinajstić information content (AvgIpc) is 2.02. The van der Waals surface area contributed by atoms with E-state index in [1.807, 2.05) is 13.8 Å². The lowest BCUT2D eigenvalue weighted by atomic mass is 10.4. The molecule has 0 saturated carbocycles. The second kappa shape index (κ2) is 6.65. The molecule has 0 atom stereocenters. The fraction of sp³-hybridized carbons (Fsp3) is 0.750. The van der Waals surface area contributed by atoms with Crippen LogP contribution in [-0.2, 0) is 9.53 Å². The number of hydrogen-bond acceptors (Lipinski definition) is 3. The van der Waals surface area contributed by atoms with Crippen molar-refractivity contribution in [1.29, 1.82) is 0 Å². The first-order chi connectivity index (χ1) is 6.06. The SMILES string of the molecule is COC(=O)CCNC(=S)NC(C)C. The van der Waals surface area contributed by atoms with Gasteiger partial charge in [-0.25, -0.2) is 0 Å². The molecule has 0 spiro atoms. The Bertz CT molecular complexity index is 183. The van der Waals surface area contributed by atoms with Gasteiger partial charge in [0.25, 0.3) is 0 Å². The lowest BCUT2D eigenvalue weighted by molar-refractivity contribution is -0.140. The summed E-state index contributed by atoms with van der Waals surface area (Å²) < 4.78 is 4.47. The number of rotatable bonds is 4. The predicted octanol–water partition coefficient (Wildman–Crippen LogP) is 0.422. The van der Waals surface area contributed by atoms with E-state index in [1.54, 1.807) is 0 Å². The van der Waals surface area contributed by atoms with Gasteiger partial charge in [-0.1, -0.05) is 0 Å². The zero-order chi connectivity index (χ0) is 10.3. The summed E-state index contributed by atoms with van der Waals surface area (Å²) in [5.41, 5.74) is 0. The van der Waals surface area contributed by atoms with Crippen LogP contribution in [0.4, 0.5) is 0 Å². The molecule has 0 heterocycles. The summed E-state index contributed by atoms with van der Waals surface area (Å²) in [6.45, 7) is 4.49. The van der Waals surface area contributed by atoms with E-state index in [0.717, 1.165) is 0 Å². The average molecular weight is 204 g/mol. The van der Waals surface area contributed by atoms with Gasteiger partial charge in [-0.05, 0) is 26.1 Å². The maximum absolute atomic E-state index is 10.7. The van der Waals surface area contributed by atoms with Gasteiger partial charge in [0.2, 0.25) is 0 Å². The van der Waals surface area contributed by atoms with Crippen molar-refractivity contribution in [3.63, 3.8) is 0 Å². The zero-order valence-electron chi connectivity index (χ0n) is 8.22. The van der Waals surface area contributed by atoms with Gasteiger partial charge in [0.1, 0.15) is 0 Å². The van der Waals surface area contributed by atoms with Crippen LogP contribution in [0.5, 0.6) is 0 Å². The van der Waals surface area contributed by atoms with E-state index < -0.39 is 0 Å². The third-order valence-corrected chi connectivity index (χ3v) is 1.52. The standard InChI is InChI=1S/C8H16N2O2S/c1-6(2)10-8(13)9-5-4-7(11)12-3/h6H,4-5H2,1-3H3,(H2,9,10,13). The number of carbonyl (C=O) groups excluding carboxylic acids is 1. The molecule has 2 N–H and O–H groups in total. The molecule has 0 aromatic carbocycles. The molecule has 0 aliphatic heterocycles. The van der Waals surface area contributed by atoms with Crippen molar-refractivity contribution in [3.8, 4) is 0 Å². The van der Waals surface area contributed by atoms with Gasteiger partial charge in [-0.2, -0.15) is 0 Å². The molecule has 0 radical (unpaired) electrons. The van der Waals surface area contributed by atoms with Gasteiger partial charge in [0.05, 0.1) is 13.5 Å². The van der Waals surface area contributed by atoms with E-state index >= 15 is 0 Å². The van der Waals surface area contributed by atoms with E-state index in [4.69, 9.17) is 12.2 Å². The van der Waals surface area contributed by atoms with Gasteiger partial charge in [0, 0.05) is 12.6 Å². The van der Waals surface area contributed by atoms with E-state index in [2.05, 4.69) is 15.4 Å². The molecule has 76 valence electrons. The summed E-state index contributed by atoms with van der Waals surface area (Å²) in [6, 6.07) is 0.304. The van der Waals surface area contributed by atoms with Crippen LogP contribution in [0, 0.1) is 0 Å². The summed E-state index contributed by atoms with van der Waals surface area (Å²) in [7, 11) is 1.37. The van der Waals surface area contributed by atoms with Crippen molar-refractivity contribution in [2.75, 3.05) is 13.7 Å². The Morgan fingerprint density at radius 3 is 2.62 bits per heavy atom. The predicted molar refractivity (Wildman–Crippen MR) is 55.5 cm³/mol. The molecule has 0 amide bonds. The smallest absolute Gasteiger partial charge is 0.307 e. The fourth-order valence-corrected chi connectivity index (χ4v) is 1.03. The van der Waals surface area contributed by atoms with Crippen LogP contribution in [-0.4, -0.2) is 30.8 Å². The van der Waals surface area contributed by atoms with Crippen LogP contribution in [0.2, 0.25) is 0 Å². The molecule has 0 aliphatic rings. The molecule has 5 heteroatoms. The molecule has 0 unspecified atom stereocenters. The highest BCUT2D eigenvalue weighted by Crippen LogP contribution is 1.82. The van der Waals surface area contributed by atoms with Crippen LogP contribution in [0.1, 0.15) is 20.3 Å². The lowest BCUT2D eigenvalue weighted by Gasteiger charge is -2.12. The summed E-state index contributed by atoms with van der Waals surface area (Å²) in [5.74, 6) is -0.236. The van der Waals surface area contributed by atoms with E-state index in [9.17, 15) is 4.79 Å². The first-order valence-electron chi connectivity index (χ1n) is 4.17. The lowest BCUT2D eigenvalue weighted by Crippen LogP contribution is -2.40. The number of hydrogen-bond donors (Lipinski definition) is 2. The molecule has 0 rings (SSSR count). The van der Waals surface area contributed by atoms with Crippen molar-refractivity contribution < 1.29 is 9.53 Å². The molecule has 0 aromatic heterocycles. The molecule has 0 aromatic rings. The van der Waals surface area contributed by atoms with Gasteiger partial charge >= 0.3 is 5.97 Å². The van der Waals surface area contributed by atoms with Gasteiger partial charge in [-0.15, -0.1) is 0 Å². The Labute approximate surface area is 84.0 Å². The molecule has 4 nitrogen and oxygen atoms in total. The van der Waals surface area contributed by atoms with Crippen LogP contribution < -0.4 is 10.6 Å². The molecular weight excluding hydrogens is 188 g/mol. The quantitative estimate of drug-likeness (QED) is 0.513. The van der Waals surface area contributed by atoms with Crippen molar-refractivity contribution in [2.24, 2.45) is 0 Å². The monoisotopic (exact) mass is 204 g/mol. The number of ether oxygens (including phenoxy) is 1. The van der Waals surface area contributed by atoms with Crippen molar-refractivity contribution >= 4 is 23.3 Å². The molecule has 0 bridgehead atoms. The Morgan fingerprint density at radius 1 is 1.54 bits per heavy atom. The number of esters is 1. The summed E-state index contributed by atoms with van der Waals surface area (Å²) >= 11 is 4.94. The zero-order valence-corrected chi connectivity index (χ0v) is 9.03. The first kappa shape index (κ1) is 12.2. The van der Waals surface area contributed by atoms with Crippen molar-refractivity contribution in [1.82, 2.24) is 10.6 Å².